The van der Waals surface area contributed by atoms with E-state index in [1.807, 2.05) is 30.3 Å². The van der Waals surface area contributed by atoms with E-state index < -0.39 is 0 Å². The number of aryl methyl sites for hydroxylation is 1. The van der Waals surface area contributed by atoms with Gasteiger partial charge in [0.2, 0.25) is 0 Å². The molecule has 1 heterocycles. The van der Waals surface area contributed by atoms with Crippen molar-refractivity contribution in [2.75, 3.05) is 11.1 Å². The number of nitrogens with zero attached hydrogens (tertiary/aromatic N) is 1. The average Bonchev–Trinajstić information content (AvgIpc) is 2.45. The van der Waals surface area contributed by atoms with E-state index in [4.69, 9.17) is 5.73 Å². The van der Waals surface area contributed by atoms with Gasteiger partial charge in [0.1, 0.15) is 0 Å². The SMILES string of the molecule is Cc1cc(Br)ccc1Nc1ccc(N)c2cc(Br)cnc12. The van der Waals surface area contributed by atoms with Crippen molar-refractivity contribution in [3.05, 3.63) is 57.1 Å². The van der Waals surface area contributed by atoms with E-state index >= 15 is 0 Å². The van der Waals surface area contributed by atoms with Crippen molar-refractivity contribution in [3.8, 4) is 0 Å². The third kappa shape index (κ3) is 2.89. The Kier molecular flexibility index (Phi) is 3.87. The first-order valence-electron chi connectivity index (χ1n) is 6.41. The van der Waals surface area contributed by atoms with Crippen molar-refractivity contribution in [1.82, 2.24) is 4.98 Å². The van der Waals surface area contributed by atoms with Crippen LogP contribution < -0.4 is 11.1 Å². The number of nitrogen functional groups attached to an aromatic ring is 1. The van der Waals surface area contributed by atoms with Crippen molar-refractivity contribution in [3.63, 3.8) is 0 Å². The Balaban J connectivity index is 2.11. The highest BCUT2D eigenvalue weighted by Crippen LogP contribution is 2.32. The Morgan fingerprint density at radius 2 is 1.76 bits per heavy atom. The molecule has 3 nitrogen and oxygen atoms in total. The third-order valence-corrected chi connectivity index (χ3v) is 4.23. The van der Waals surface area contributed by atoms with Crippen molar-refractivity contribution < 1.29 is 0 Å². The van der Waals surface area contributed by atoms with Gasteiger partial charge in [-0.15, -0.1) is 0 Å². The molecule has 0 bridgehead atoms. The van der Waals surface area contributed by atoms with Gasteiger partial charge in [-0.1, -0.05) is 15.9 Å². The molecule has 0 unspecified atom stereocenters. The summed E-state index contributed by atoms with van der Waals surface area (Å²) in [5.41, 5.74) is 10.8. The molecule has 0 radical (unpaired) electrons. The van der Waals surface area contributed by atoms with Crippen LogP contribution in [0.3, 0.4) is 0 Å². The fourth-order valence-electron chi connectivity index (χ4n) is 2.23. The molecule has 0 amide bonds. The summed E-state index contributed by atoms with van der Waals surface area (Å²) in [5.74, 6) is 0. The summed E-state index contributed by atoms with van der Waals surface area (Å²) >= 11 is 6.91. The van der Waals surface area contributed by atoms with Gasteiger partial charge in [0.25, 0.3) is 0 Å². The molecule has 0 aliphatic heterocycles. The minimum atomic E-state index is 0.719. The lowest BCUT2D eigenvalue weighted by molar-refractivity contribution is 1.37. The fraction of sp³-hybridized carbons (Fsp3) is 0.0625. The second-order valence-corrected chi connectivity index (χ2v) is 6.67. The molecule has 0 aliphatic carbocycles. The summed E-state index contributed by atoms with van der Waals surface area (Å²) < 4.78 is 1.98. The zero-order chi connectivity index (χ0) is 15.0. The molecule has 0 fully saturated rings. The molecule has 2 aromatic carbocycles. The van der Waals surface area contributed by atoms with Crippen LogP contribution in [0.2, 0.25) is 0 Å². The Labute approximate surface area is 139 Å². The number of halogens is 2. The summed E-state index contributed by atoms with van der Waals surface area (Å²) in [7, 11) is 0. The maximum absolute atomic E-state index is 6.04. The first-order chi connectivity index (χ1) is 10.0. The second kappa shape index (κ2) is 5.66. The van der Waals surface area contributed by atoms with Gasteiger partial charge in [0, 0.05) is 31.9 Å². The van der Waals surface area contributed by atoms with E-state index in [2.05, 4.69) is 55.2 Å². The Hall–Kier alpha value is -1.59. The molecule has 3 aromatic rings. The summed E-state index contributed by atoms with van der Waals surface area (Å²) in [4.78, 5) is 4.49. The van der Waals surface area contributed by atoms with Gasteiger partial charge in [0.05, 0.1) is 11.2 Å². The summed E-state index contributed by atoms with van der Waals surface area (Å²) in [5, 5.41) is 4.37. The van der Waals surface area contributed by atoms with Crippen LogP contribution in [0.15, 0.2) is 51.5 Å². The number of pyridine rings is 1. The second-order valence-electron chi connectivity index (χ2n) is 4.84. The van der Waals surface area contributed by atoms with Crippen LogP contribution >= 0.6 is 31.9 Å². The maximum atomic E-state index is 6.04. The smallest absolute Gasteiger partial charge is 0.0958 e. The largest absolute Gasteiger partial charge is 0.398 e. The zero-order valence-corrected chi connectivity index (χ0v) is 14.5. The van der Waals surface area contributed by atoms with E-state index in [1.54, 1.807) is 6.20 Å². The number of hydrogen-bond acceptors (Lipinski definition) is 3. The zero-order valence-electron chi connectivity index (χ0n) is 11.3. The minimum Gasteiger partial charge on any atom is -0.398 e. The van der Waals surface area contributed by atoms with Gasteiger partial charge in [-0.3, -0.25) is 4.98 Å². The van der Waals surface area contributed by atoms with Crippen LogP contribution in [0.5, 0.6) is 0 Å². The molecule has 0 spiro atoms. The van der Waals surface area contributed by atoms with Gasteiger partial charge >= 0.3 is 0 Å². The lowest BCUT2D eigenvalue weighted by atomic mass is 10.1. The molecule has 0 saturated heterocycles. The lowest BCUT2D eigenvalue weighted by Crippen LogP contribution is -1.97. The molecule has 1 aromatic heterocycles. The van der Waals surface area contributed by atoms with Crippen molar-refractivity contribution in [2.45, 2.75) is 6.92 Å². The summed E-state index contributed by atoms with van der Waals surface area (Å²) in [6.45, 7) is 2.07. The molecular formula is C16H13Br2N3. The Bertz CT molecular complexity index is 831. The Morgan fingerprint density at radius 1 is 1.00 bits per heavy atom. The predicted octanol–water partition coefficient (Wildman–Crippen LogP) is 5.39. The number of hydrogen-bond donors (Lipinski definition) is 2. The van der Waals surface area contributed by atoms with Crippen LogP contribution in [0.25, 0.3) is 10.9 Å². The van der Waals surface area contributed by atoms with E-state index in [0.717, 1.165) is 42.5 Å². The molecular weight excluding hydrogens is 394 g/mol. The number of anilines is 3. The summed E-state index contributed by atoms with van der Waals surface area (Å²) in [6, 6.07) is 12.0. The van der Waals surface area contributed by atoms with E-state index in [9.17, 15) is 0 Å². The molecule has 106 valence electrons. The highest BCUT2D eigenvalue weighted by molar-refractivity contribution is 9.10. The van der Waals surface area contributed by atoms with Crippen molar-refractivity contribution >= 4 is 59.8 Å². The van der Waals surface area contributed by atoms with Gasteiger partial charge < -0.3 is 11.1 Å². The number of fused-ring (bicyclic) bond motifs is 1. The van der Waals surface area contributed by atoms with Gasteiger partial charge in [-0.25, -0.2) is 0 Å². The Morgan fingerprint density at radius 3 is 2.52 bits per heavy atom. The normalized spacial score (nSPS) is 10.8. The van der Waals surface area contributed by atoms with Crippen molar-refractivity contribution in [1.29, 1.82) is 0 Å². The minimum absolute atomic E-state index is 0.719. The number of rotatable bonds is 2. The van der Waals surface area contributed by atoms with Crippen LogP contribution in [0.1, 0.15) is 5.56 Å². The third-order valence-electron chi connectivity index (χ3n) is 3.31. The van der Waals surface area contributed by atoms with Crippen LogP contribution in [0.4, 0.5) is 17.1 Å². The monoisotopic (exact) mass is 405 g/mol. The van der Waals surface area contributed by atoms with Crippen LogP contribution in [0, 0.1) is 6.92 Å². The standard InChI is InChI=1S/C16H13Br2N3/c1-9-6-10(17)2-4-14(9)21-15-5-3-13(19)12-7-11(18)8-20-16(12)15/h2-8,21H,19H2,1H3. The maximum Gasteiger partial charge on any atom is 0.0958 e. The summed E-state index contributed by atoms with van der Waals surface area (Å²) in [6.07, 6.45) is 1.78. The number of benzene rings is 2. The van der Waals surface area contributed by atoms with Gasteiger partial charge in [0.15, 0.2) is 0 Å². The van der Waals surface area contributed by atoms with Gasteiger partial charge in [-0.05, 0) is 64.8 Å². The number of aromatic nitrogens is 1. The van der Waals surface area contributed by atoms with E-state index in [1.165, 1.54) is 0 Å². The average molecular weight is 407 g/mol. The predicted molar refractivity (Wildman–Crippen MR) is 96.0 cm³/mol. The first kappa shape index (κ1) is 14.4. The van der Waals surface area contributed by atoms with E-state index in [0.29, 0.717) is 0 Å². The highest BCUT2D eigenvalue weighted by Gasteiger charge is 2.08. The quantitative estimate of drug-likeness (QED) is 0.560. The topological polar surface area (TPSA) is 50.9 Å². The fourth-order valence-corrected chi connectivity index (χ4v) is 3.04. The van der Waals surface area contributed by atoms with Crippen LogP contribution in [-0.2, 0) is 0 Å². The molecule has 5 heteroatoms. The van der Waals surface area contributed by atoms with Gasteiger partial charge in [-0.2, -0.15) is 0 Å². The molecule has 21 heavy (non-hydrogen) atoms. The number of nitrogens with one attached hydrogen (secondary N) is 1. The van der Waals surface area contributed by atoms with Crippen LogP contribution in [-0.4, -0.2) is 4.98 Å². The molecule has 0 aliphatic rings. The molecule has 0 saturated carbocycles. The lowest BCUT2D eigenvalue weighted by Gasteiger charge is -2.13. The molecule has 3 rings (SSSR count). The molecule has 0 atom stereocenters. The highest BCUT2D eigenvalue weighted by atomic mass is 79.9. The first-order valence-corrected chi connectivity index (χ1v) is 8.00. The van der Waals surface area contributed by atoms with Crippen molar-refractivity contribution in [2.24, 2.45) is 0 Å². The molecule has 3 N–H and O–H groups in total. The van der Waals surface area contributed by atoms with E-state index in [-0.39, 0.29) is 0 Å². The number of nitrogens with two attached hydrogens (primary N) is 1.